The molecule has 0 saturated heterocycles. The summed E-state index contributed by atoms with van der Waals surface area (Å²) in [7, 11) is 0. The van der Waals surface area contributed by atoms with E-state index in [1.54, 1.807) is 19.1 Å². The summed E-state index contributed by atoms with van der Waals surface area (Å²) in [6.45, 7) is 2.02. The van der Waals surface area contributed by atoms with Gasteiger partial charge in [-0.15, -0.1) is 0 Å². The molecule has 0 aliphatic rings. The van der Waals surface area contributed by atoms with Crippen molar-refractivity contribution in [3.05, 3.63) is 63.5 Å². The molecule has 0 radical (unpaired) electrons. The lowest BCUT2D eigenvalue weighted by atomic mass is 10.1. The molecule has 1 N–H and O–H groups in total. The Hall–Kier alpha value is -2.96. The maximum Gasteiger partial charge on any atom is 0.311 e. The number of nitro groups is 1. The molecule has 1 aromatic carbocycles. The van der Waals surface area contributed by atoms with Gasteiger partial charge in [-0.2, -0.15) is 0 Å². The number of carbonyl (C=O) groups is 2. The van der Waals surface area contributed by atoms with Crippen molar-refractivity contribution in [2.45, 2.75) is 13.3 Å². The van der Waals surface area contributed by atoms with E-state index < -0.39 is 4.92 Å². The number of carbonyl (C=O) groups excluding carboxylic acids is 2. The molecule has 0 atom stereocenters. The Kier molecular flexibility index (Phi) is 4.67. The molecular formula is C15H14N2O5. The van der Waals surface area contributed by atoms with E-state index in [-0.39, 0.29) is 23.9 Å². The zero-order valence-electron chi connectivity index (χ0n) is 11.9. The first-order valence-corrected chi connectivity index (χ1v) is 6.64. The maximum atomic E-state index is 12.2. The van der Waals surface area contributed by atoms with Gasteiger partial charge in [0.2, 0.25) is 5.78 Å². The van der Waals surface area contributed by atoms with Crippen LogP contribution in [0.3, 0.4) is 0 Å². The highest BCUT2D eigenvalue weighted by atomic mass is 16.6. The molecule has 0 aliphatic carbocycles. The van der Waals surface area contributed by atoms with Crippen LogP contribution in [0, 0.1) is 10.1 Å². The minimum atomic E-state index is -0.527. The second-order valence-electron chi connectivity index (χ2n) is 4.51. The number of hydrogen-bond donors (Lipinski definition) is 1. The van der Waals surface area contributed by atoms with Gasteiger partial charge in [-0.05, 0) is 31.2 Å². The number of nitrogens with one attached hydrogen (secondary N) is 1. The summed E-state index contributed by atoms with van der Waals surface area (Å²) in [5, 5.41) is 10.6. The van der Waals surface area contributed by atoms with E-state index in [1.807, 2.05) is 0 Å². The van der Waals surface area contributed by atoms with E-state index in [0.29, 0.717) is 23.6 Å². The number of benzene rings is 1. The lowest BCUT2D eigenvalue weighted by Crippen LogP contribution is -2.08. The molecule has 22 heavy (non-hydrogen) atoms. The van der Waals surface area contributed by atoms with Crippen molar-refractivity contribution in [2.75, 3.05) is 6.61 Å². The molecule has 0 unspecified atom stereocenters. The highest BCUT2D eigenvalue weighted by Gasteiger charge is 2.14. The fraction of sp³-hybridized carbons (Fsp3) is 0.200. The van der Waals surface area contributed by atoms with Crippen LogP contribution in [0.15, 0.2) is 36.4 Å². The van der Waals surface area contributed by atoms with Crippen molar-refractivity contribution in [3.63, 3.8) is 0 Å². The topological polar surface area (TPSA) is 102 Å². The van der Waals surface area contributed by atoms with E-state index in [9.17, 15) is 19.7 Å². The van der Waals surface area contributed by atoms with E-state index >= 15 is 0 Å². The minimum Gasteiger partial charge on any atom is -0.466 e. The highest BCUT2D eigenvalue weighted by molar-refractivity contribution is 6.08. The van der Waals surface area contributed by atoms with Crippen LogP contribution in [0.2, 0.25) is 0 Å². The minimum absolute atomic E-state index is 0.0569. The summed E-state index contributed by atoms with van der Waals surface area (Å²) in [4.78, 5) is 36.5. The molecule has 2 rings (SSSR count). The van der Waals surface area contributed by atoms with Gasteiger partial charge in [0.05, 0.1) is 23.6 Å². The van der Waals surface area contributed by atoms with Crippen LogP contribution >= 0.6 is 0 Å². The van der Waals surface area contributed by atoms with Gasteiger partial charge in [-0.25, -0.2) is 0 Å². The number of nitro benzene ring substituents is 1. The van der Waals surface area contributed by atoms with Crippen LogP contribution in [0.4, 0.5) is 5.69 Å². The molecule has 0 fully saturated rings. The zero-order valence-corrected chi connectivity index (χ0v) is 11.9. The van der Waals surface area contributed by atoms with Crippen molar-refractivity contribution in [3.8, 4) is 0 Å². The molecule has 114 valence electrons. The first kappa shape index (κ1) is 15.4. The molecule has 2 aromatic rings. The third kappa shape index (κ3) is 3.57. The monoisotopic (exact) mass is 302 g/mol. The molecular weight excluding hydrogens is 288 g/mol. The molecule has 7 heteroatoms. The number of non-ortho nitro benzene ring substituents is 1. The van der Waals surface area contributed by atoms with Crippen LogP contribution in [-0.2, 0) is 16.0 Å². The quantitative estimate of drug-likeness (QED) is 0.381. The number of ether oxygens (including phenoxy) is 1. The largest absolute Gasteiger partial charge is 0.466 e. The smallest absolute Gasteiger partial charge is 0.311 e. The van der Waals surface area contributed by atoms with Crippen LogP contribution in [0.25, 0.3) is 0 Å². The second-order valence-corrected chi connectivity index (χ2v) is 4.51. The summed E-state index contributed by atoms with van der Waals surface area (Å²) in [5.41, 5.74) is 1.14. The van der Waals surface area contributed by atoms with Crippen molar-refractivity contribution in [1.82, 2.24) is 4.98 Å². The third-order valence-electron chi connectivity index (χ3n) is 2.97. The number of rotatable bonds is 6. The SMILES string of the molecule is CCOC(=O)Cc1ccc(C(=O)c2ccc([N+](=O)[O-])cc2)[nH]1. The van der Waals surface area contributed by atoms with E-state index in [0.717, 1.165) is 0 Å². The molecule has 7 nitrogen and oxygen atoms in total. The molecule has 0 amide bonds. The summed E-state index contributed by atoms with van der Waals surface area (Å²) >= 11 is 0. The van der Waals surface area contributed by atoms with Gasteiger partial charge in [0.1, 0.15) is 0 Å². The number of nitrogens with zero attached hydrogens (tertiary/aromatic N) is 1. The van der Waals surface area contributed by atoms with E-state index in [2.05, 4.69) is 4.98 Å². The fourth-order valence-electron chi connectivity index (χ4n) is 1.93. The Bertz CT molecular complexity index is 703. The molecule has 0 bridgehead atoms. The number of ketones is 1. The molecule has 0 saturated carbocycles. The van der Waals surface area contributed by atoms with Crippen molar-refractivity contribution < 1.29 is 19.2 Å². The third-order valence-corrected chi connectivity index (χ3v) is 2.97. The standard InChI is InChI=1S/C15H14N2O5/c1-2-22-14(18)9-11-5-8-13(16-11)15(19)10-3-6-12(7-4-10)17(20)21/h3-8,16H,2,9H2,1H3. The number of aromatic nitrogens is 1. The van der Waals surface area contributed by atoms with Crippen molar-refractivity contribution in [2.24, 2.45) is 0 Å². The predicted molar refractivity (Wildman–Crippen MR) is 77.7 cm³/mol. The Morgan fingerprint density at radius 1 is 1.18 bits per heavy atom. The summed E-state index contributed by atoms with van der Waals surface area (Å²) < 4.78 is 4.83. The maximum absolute atomic E-state index is 12.2. The first-order valence-electron chi connectivity index (χ1n) is 6.64. The summed E-state index contributed by atoms with van der Waals surface area (Å²) in [6.07, 6.45) is 0.0569. The van der Waals surface area contributed by atoms with Gasteiger partial charge in [0.15, 0.2) is 0 Å². The van der Waals surface area contributed by atoms with Crippen molar-refractivity contribution in [1.29, 1.82) is 0 Å². The Morgan fingerprint density at radius 3 is 2.45 bits per heavy atom. The number of hydrogen-bond acceptors (Lipinski definition) is 5. The lowest BCUT2D eigenvalue weighted by Gasteiger charge is -2.00. The normalized spacial score (nSPS) is 10.2. The molecule has 1 aromatic heterocycles. The van der Waals surface area contributed by atoms with Gasteiger partial charge >= 0.3 is 5.97 Å². The van der Waals surface area contributed by atoms with Crippen LogP contribution in [0.1, 0.15) is 28.7 Å². The zero-order chi connectivity index (χ0) is 16.1. The van der Waals surface area contributed by atoms with Gasteiger partial charge in [0.25, 0.3) is 5.69 Å². The summed E-state index contributed by atoms with van der Waals surface area (Å²) in [6, 6.07) is 8.54. The Labute approximate surface area is 126 Å². The van der Waals surface area contributed by atoms with Gasteiger partial charge in [-0.3, -0.25) is 19.7 Å². The van der Waals surface area contributed by atoms with E-state index in [1.165, 1.54) is 24.3 Å². The summed E-state index contributed by atoms with van der Waals surface area (Å²) in [5.74, 6) is -0.677. The van der Waals surface area contributed by atoms with Crippen LogP contribution in [-0.4, -0.2) is 28.3 Å². The number of H-pyrrole nitrogens is 1. The van der Waals surface area contributed by atoms with Crippen molar-refractivity contribution >= 4 is 17.4 Å². The molecule has 1 heterocycles. The molecule has 0 aliphatic heterocycles. The first-order chi connectivity index (χ1) is 10.5. The van der Waals surface area contributed by atoms with E-state index in [4.69, 9.17) is 4.74 Å². The van der Waals surface area contributed by atoms with Gasteiger partial charge in [0, 0.05) is 23.4 Å². The number of aromatic amines is 1. The van der Waals surface area contributed by atoms with Crippen LogP contribution in [0.5, 0.6) is 0 Å². The second kappa shape index (κ2) is 6.66. The lowest BCUT2D eigenvalue weighted by molar-refractivity contribution is -0.384. The fourth-order valence-corrected chi connectivity index (χ4v) is 1.93. The van der Waals surface area contributed by atoms with Gasteiger partial charge < -0.3 is 9.72 Å². The van der Waals surface area contributed by atoms with Crippen LogP contribution < -0.4 is 0 Å². The Balaban J connectivity index is 2.11. The average Bonchev–Trinajstić information content (AvgIpc) is 2.95. The highest BCUT2D eigenvalue weighted by Crippen LogP contribution is 2.15. The Morgan fingerprint density at radius 2 is 1.86 bits per heavy atom. The average molecular weight is 302 g/mol. The number of esters is 1. The van der Waals surface area contributed by atoms with Gasteiger partial charge in [-0.1, -0.05) is 0 Å². The predicted octanol–water partition coefficient (Wildman–Crippen LogP) is 2.26. The molecule has 0 spiro atoms.